The number of benzene rings is 5. The predicted molar refractivity (Wildman–Crippen MR) is 254 cm³/mol. The van der Waals surface area contributed by atoms with Crippen LogP contribution in [0, 0.1) is 11.3 Å². The van der Waals surface area contributed by atoms with E-state index in [-0.39, 0.29) is 22.6 Å². The molecular formula is C51H53Br2N3O6. The molecule has 62 heavy (non-hydrogen) atoms. The van der Waals surface area contributed by atoms with Gasteiger partial charge in [-0.05, 0) is 129 Å². The van der Waals surface area contributed by atoms with Gasteiger partial charge in [0, 0.05) is 18.5 Å². The summed E-state index contributed by atoms with van der Waals surface area (Å²) in [4.78, 5) is 35.3. The van der Waals surface area contributed by atoms with Crippen LogP contribution >= 0.6 is 31.9 Å². The zero-order valence-electron chi connectivity index (χ0n) is 35.4. The van der Waals surface area contributed by atoms with Crippen LogP contribution in [0.2, 0.25) is 0 Å². The van der Waals surface area contributed by atoms with Gasteiger partial charge in [0.25, 0.3) is 0 Å². The summed E-state index contributed by atoms with van der Waals surface area (Å²) in [5.41, 5.74) is 3.74. The molecule has 0 unspecified atom stereocenters. The summed E-state index contributed by atoms with van der Waals surface area (Å²) in [7, 11) is 0. The van der Waals surface area contributed by atoms with Gasteiger partial charge in [-0.1, -0.05) is 102 Å². The van der Waals surface area contributed by atoms with Crippen LogP contribution in [0.5, 0.6) is 23.0 Å². The van der Waals surface area contributed by atoms with Crippen molar-refractivity contribution in [1.82, 2.24) is 0 Å². The van der Waals surface area contributed by atoms with E-state index >= 15 is 0 Å². The van der Waals surface area contributed by atoms with Gasteiger partial charge in [0.1, 0.15) is 23.3 Å². The molecule has 11 heteroatoms. The summed E-state index contributed by atoms with van der Waals surface area (Å²) in [5.74, 6) is 0.362. The molecular weight excluding hydrogens is 910 g/mol. The number of rotatable bonds is 24. The molecule has 0 saturated carbocycles. The molecule has 0 aliphatic heterocycles. The highest BCUT2D eigenvalue weighted by molar-refractivity contribution is 9.11. The van der Waals surface area contributed by atoms with Gasteiger partial charge in [0.05, 0.1) is 50.2 Å². The maximum Gasteiger partial charge on any atom is 0.343 e. The molecule has 0 amide bonds. The highest BCUT2D eigenvalue weighted by atomic mass is 79.9. The lowest BCUT2D eigenvalue weighted by atomic mass is 10.1. The van der Waals surface area contributed by atoms with Crippen LogP contribution in [0.1, 0.15) is 128 Å². The van der Waals surface area contributed by atoms with Crippen molar-refractivity contribution in [2.24, 2.45) is 9.98 Å². The molecule has 5 aromatic carbocycles. The first kappa shape index (κ1) is 47.5. The number of carbonyl (C=O) groups excluding carboxylic acids is 2. The molecule has 0 N–H and O–H groups in total. The minimum atomic E-state index is -0.675. The average molecular weight is 964 g/mol. The molecule has 0 radical (unpaired) electrons. The monoisotopic (exact) mass is 961 g/mol. The molecule has 5 rings (SSSR count). The molecule has 0 fully saturated rings. The third-order valence-corrected chi connectivity index (χ3v) is 11.1. The first-order valence-corrected chi connectivity index (χ1v) is 23.0. The number of unbranched alkanes of at least 4 members (excludes halogenated alkanes) is 10. The molecule has 0 atom stereocenters. The standard InChI is InChI=1S/C51H53Br2N3O6/c1-3-5-7-9-11-13-29-59-47-27-24-42(31-45(47)52)55-35-37-15-19-39(20-16-37)50(57)61-44-26-23-41(34-54)49(33-44)62-51(58)40-21-17-38(18-22-40)36-56-43-25-28-48(46(53)32-43)60-30-14-12-10-8-6-4-2/h15-28,31-33,35-36H,3-14,29-30H2,1-2H3. The molecule has 9 nitrogen and oxygen atoms in total. The number of hydrogen-bond acceptors (Lipinski definition) is 9. The average Bonchev–Trinajstić information content (AvgIpc) is 3.28. The Morgan fingerprint density at radius 2 is 1.00 bits per heavy atom. The minimum Gasteiger partial charge on any atom is -0.492 e. The first-order valence-electron chi connectivity index (χ1n) is 21.4. The van der Waals surface area contributed by atoms with Crippen molar-refractivity contribution < 1.29 is 28.5 Å². The van der Waals surface area contributed by atoms with E-state index < -0.39 is 11.9 Å². The van der Waals surface area contributed by atoms with Crippen LogP contribution in [0.3, 0.4) is 0 Å². The van der Waals surface area contributed by atoms with Crippen molar-refractivity contribution >= 4 is 67.6 Å². The fourth-order valence-electron chi connectivity index (χ4n) is 6.28. The molecule has 0 saturated heterocycles. The van der Waals surface area contributed by atoms with E-state index in [2.05, 4.69) is 55.7 Å². The van der Waals surface area contributed by atoms with Crippen LogP contribution in [-0.4, -0.2) is 37.6 Å². The van der Waals surface area contributed by atoms with Crippen LogP contribution in [0.15, 0.2) is 122 Å². The Kier molecular flexibility index (Phi) is 19.9. The Bertz CT molecular complexity index is 2320. The number of ether oxygens (including phenoxy) is 4. The number of carbonyl (C=O) groups is 2. The number of esters is 2. The second-order valence-electron chi connectivity index (χ2n) is 14.8. The summed E-state index contributed by atoms with van der Waals surface area (Å²) in [5, 5.41) is 9.70. The van der Waals surface area contributed by atoms with E-state index in [0.717, 1.165) is 55.8 Å². The largest absolute Gasteiger partial charge is 0.492 e. The molecule has 0 heterocycles. The zero-order valence-corrected chi connectivity index (χ0v) is 38.6. The lowest BCUT2D eigenvalue weighted by Gasteiger charge is -2.10. The summed E-state index contributed by atoms with van der Waals surface area (Å²) >= 11 is 7.18. The first-order chi connectivity index (χ1) is 30.3. The highest BCUT2D eigenvalue weighted by Crippen LogP contribution is 2.31. The van der Waals surface area contributed by atoms with Gasteiger partial charge in [0.2, 0.25) is 0 Å². The van der Waals surface area contributed by atoms with Gasteiger partial charge in [-0.25, -0.2) is 9.59 Å². The van der Waals surface area contributed by atoms with Crippen molar-refractivity contribution in [1.29, 1.82) is 5.26 Å². The number of hydrogen-bond donors (Lipinski definition) is 0. The molecule has 0 aromatic heterocycles. The summed E-state index contributed by atoms with van der Waals surface area (Å²) < 4.78 is 24.8. The SMILES string of the molecule is CCCCCCCCOc1ccc(N=Cc2ccc(C(=O)Oc3ccc(C#N)c(OC(=O)c4ccc(C=Nc5ccc(OCCCCCCCC)c(Br)c5)cc4)c3)cc2)cc1Br. The van der Waals surface area contributed by atoms with E-state index in [0.29, 0.717) is 18.8 Å². The normalized spacial score (nSPS) is 11.1. The van der Waals surface area contributed by atoms with E-state index in [1.165, 1.54) is 82.4 Å². The van der Waals surface area contributed by atoms with Crippen LogP contribution in [0.25, 0.3) is 0 Å². The Hall–Kier alpha value is -5.57. The highest BCUT2D eigenvalue weighted by Gasteiger charge is 2.16. The van der Waals surface area contributed by atoms with Gasteiger partial charge in [-0.2, -0.15) is 5.26 Å². The van der Waals surface area contributed by atoms with Gasteiger partial charge in [-0.15, -0.1) is 0 Å². The summed E-state index contributed by atoms with van der Waals surface area (Å²) in [6.45, 7) is 5.80. The number of nitrogens with zero attached hydrogens (tertiary/aromatic N) is 3. The van der Waals surface area contributed by atoms with Gasteiger partial charge in [-0.3, -0.25) is 9.98 Å². The van der Waals surface area contributed by atoms with Crippen molar-refractivity contribution in [3.8, 4) is 29.1 Å². The van der Waals surface area contributed by atoms with E-state index in [9.17, 15) is 14.9 Å². The molecule has 0 spiro atoms. The maximum absolute atomic E-state index is 13.1. The zero-order chi connectivity index (χ0) is 43.9. The number of aliphatic imine (C=N–C) groups is 2. The third-order valence-electron chi connectivity index (χ3n) is 9.85. The van der Waals surface area contributed by atoms with Crippen molar-refractivity contribution in [3.63, 3.8) is 0 Å². The fourth-order valence-corrected chi connectivity index (χ4v) is 7.24. The quantitative estimate of drug-likeness (QED) is 0.0261. The lowest BCUT2D eigenvalue weighted by molar-refractivity contribution is 0.0732. The maximum atomic E-state index is 13.1. The molecule has 322 valence electrons. The Labute approximate surface area is 382 Å². The van der Waals surface area contributed by atoms with E-state index in [1.807, 2.05) is 42.5 Å². The van der Waals surface area contributed by atoms with Crippen molar-refractivity contribution in [2.45, 2.75) is 90.9 Å². The van der Waals surface area contributed by atoms with Gasteiger partial charge in [0.15, 0.2) is 5.75 Å². The molecule has 0 aliphatic carbocycles. The van der Waals surface area contributed by atoms with Crippen LogP contribution < -0.4 is 18.9 Å². The van der Waals surface area contributed by atoms with Crippen molar-refractivity contribution in [3.05, 3.63) is 140 Å². The second-order valence-corrected chi connectivity index (χ2v) is 16.5. The van der Waals surface area contributed by atoms with Gasteiger partial charge < -0.3 is 18.9 Å². The number of halogens is 2. The van der Waals surface area contributed by atoms with Crippen LogP contribution in [0.4, 0.5) is 11.4 Å². The topological polar surface area (TPSA) is 120 Å². The number of nitriles is 1. The molecule has 0 bridgehead atoms. The predicted octanol–water partition coefficient (Wildman–Crippen LogP) is 14.5. The Morgan fingerprint density at radius 1 is 0.548 bits per heavy atom. The van der Waals surface area contributed by atoms with Gasteiger partial charge >= 0.3 is 11.9 Å². The van der Waals surface area contributed by atoms with E-state index in [4.69, 9.17) is 18.9 Å². The fraction of sp³-hybridized carbons (Fsp3) is 0.314. The Balaban J connectivity index is 1.10. The molecule has 0 aliphatic rings. The smallest absolute Gasteiger partial charge is 0.343 e. The second kappa shape index (κ2) is 26.0. The van der Waals surface area contributed by atoms with E-state index in [1.54, 1.807) is 61.0 Å². The van der Waals surface area contributed by atoms with Crippen LogP contribution in [-0.2, 0) is 0 Å². The third kappa shape index (κ3) is 15.7. The Morgan fingerprint density at radius 3 is 1.45 bits per heavy atom. The summed E-state index contributed by atoms with van der Waals surface area (Å²) in [6, 6.07) is 31.2. The lowest BCUT2D eigenvalue weighted by Crippen LogP contribution is -2.11. The molecule has 5 aromatic rings. The summed E-state index contributed by atoms with van der Waals surface area (Å²) in [6.07, 6.45) is 17.9. The minimum absolute atomic E-state index is 0.0333. The van der Waals surface area contributed by atoms with Crippen molar-refractivity contribution in [2.75, 3.05) is 13.2 Å².